The zero-order chi connectivity index (χ0) is 27.4. The van der Waals surface area contributed by atoms with E-state index in [2.05, 4.69) is 15.1 Å². The number of halogens is 3. The van der Waals surface area contributed by atoms with Crippen LogP contribution in [0.15, 0.2) is 53.8 Å². The van der Waals surface area contributed by atoms with Crippen molar-refractivity contribution in [3.63, 3.8) is 0 Å². The fourth-order valence-corrected chi connectivity index (χ4v) is 4.55. The molecule has 1 atom stereocenters. The second kappa shape index (κ2) is 9.12. The molecule has 5 rings (SSSR count). The molecule has 4 aromatic heterocycles. The molecule has 196 valence electrons. The first kappa shape index (κ1) is 25.2. The number of pyridine rings is 2. The van der Waals surface area contributed by atoms with Gasteiger partial charge in [-0.3, -0.25) is 28.6 Å². The number of imidazole rings is 1. The lowest BCUT2D eigenvalue weighted by Crippen LogP contribution is -2.45. The Morgan fingerprint density at radius 3 is 2.55 bits per heavy atom. The molecule has 1 N–H and O–H groups in total. The number of fused-ring (bicyclic) bond motifs is 2. The van der Waals surface area contributed by atoms with Gasteiger partial charge in [0.1, 0.15) is 12.6 Å². The van der Waals surface area contributed by atoms with E-state index >= 15 is 0 Å². The van der Waals surface area contributed by atoms with Crippen LogP contribution >= 0.6 is 0 Å². The Morgan fingerprint density at radius 1 is 1.08 bits per heavy atom. The molecule has 0 aliphatic carbocycles. The summed E-state index contributed by atoms with van der Waals surface area (Å²) < 4.78 is 43.2. The molecule has 0 fully saturated rings. The molecule has 12 heteroatoms. The average molecular weight is 524 g/mol. The second-order valence-electron chi connectivity index (χ2n) is 9.22. The van der Waals surface area contributed by atoms with Crippen molar-refractivity contribution in [1.29, 1.82) is 0 Å². The fourth-order valence-electron chi connectivity index (χ4n) is 4.55. The molecule has 0 unspecified atom stereocenters. The fraction of sp³-hybridized carbons (Fsp3) is 0.269. The Labute approximate surface area is 214 Å². The van der Waals surface area contributed by atoms with Crippen molar-refractivity contribution >= 4 is 27.8 Å². The van der Waals surface area contributed by atoms with Crippen molar-refractivity contribution in [2.45, 2.75) is 39.5 Å². The van der Waals surface area contributed by atoms with E-state index < -0.39 is 30.4 Å². The summed E-state index contributed by atoms with van der Waals surface area (Å²) in [6, 6.07) is 5.00. The summed E-state index contributed by atoms with van der Waals surface area (Å²) in [7, 11) is 1.82. The van der Waals surface area contributed by atoms with E-state index in [4.69, 9.17) is 0 Å². The summed E-state index contributed by atoms with van der Waals surface area (Å²) >= 11 is 0. The predicted molar refractivity (Wildman–Crippen MR) is 136 cm³/mol. The summed E-state index contributed by atoms with van der Waals surface area (Å²) in [5.74, 6) is -0.917. The van der Waals surface area contributed by atoms with Crippen molar-refractivity contribution in [1.82, 2.24) is 34.2 Å². The Kier molecular flexibility index (Phi) is 6.04. The number of aromatic nitrogens is 6. The van der Waals surface area contributed by atoms with E-state index in [9.17, 15) is 22.8 Å². The Balaban J connectivity index is 1.60. The number of nitrogens with zero attached hydrogens (tertiary/aromatic N) is 6. The van der Waals surface area contributed by atoms with Gasteiger partial charge < -0.3 is 5.32 Å². The second-order valence-corrected chi connectivity index (χ2v) is 9.22. The predicted octanol–water partition coefficient (Wildman–Crippen LogP) is 3.82. The maximum Gasteiger partial charge on any atom is 0.408 e. The number of alkyl halides is 3. The van der Waals surface area contributed by atoms with Gasteiger partial charge in [0.25, 0.3) is 0 Å². The van der Waals surface area contributed by atoms with Crippen LogP contribution in [0.2, 0.25) is 0 Å². The molecule has 0 spiro atoms. The first-order valence-corrected chi connectivity index (χ1v) is 11.8. The molecule has 9 nitrogen and oxygen atoms in total. The van der Waals surface area contributed by atoms with E-state index in [1.54, 1.807) is 41.6 Å². The number of carbonyl (C=O) groups is 1. The van der Waals surface area contributed by atoms with Gasteiger partial charge in [0.05, 0.1) is 46.5 Å². The molecular weight excluding hydrogens is 499 g/mol. The van der Waals surface area contributed by atoms with Gasteiger partial charge >= 0.3 is 11.9 Å². The minimum atomic E-state index is -4.59. The number of rotatable bonds is 5. The Hall–Kier alpha value is -4.48. The number of hydrogen-bond donors (Lipinski definition) is 1. The molecule has 0 saturated carbocycles. The van der Waals surface area contributed by atoms with Gasteiger partial charge in [-0.15, -0.1) is 0 Å². The quantitative estimate of drug-likeness (QED) is 0.378. The smallest absolute Gasteiger partial charge is 0.343 e. The van der Waals surface area contributed by atoms with E-state index in [-0.39, 0.29) is 0 Å². The summed E-state index contributed by atoms with van der Waals surface area (Å²) in [5, 5.41) is 7.09. The summed E-state index contributed by atoms with van der Waals surface area (Å²) in [5.41, 5.74) is 4.67. The number of nitrogens with one attached hydrogen (secondary N) is 1. The zero-order valence-corrected chi connectivity index (χ0v) is 21.0. The molecule has 4 heterocycles. The molecule has 1 amide bonds. The molecule has 0 aliphatic heterocycles. The van der Waals surface area contributed by atoms with Crippen LogP contribution in [0.5, 0.6) is 0 Å². The highest BCUT2D eigenvalue weighted by Crippen LogP contribution is 2.29. The third kappa shape index (κ3) is 4.21. The minimum Gasteiger partial charge on any atom is -0.343 e. The SMILES string of the molecule is Cc1cc(-c2cncc3c2cnn3C)ncc1-n1c(=O)n(CC(=O)N[C@H](C)C(F)(F)F)c2cccc(C)c21. The molecule has 0 radical (unpaired) electrons. The van der Waals surface area contributed by atoms with Gasteiger partial charge in [0.2, 0.25) is 5.91 Å². The number of benzene rings is 1. The maximum absolute atomic E-state index is 13.6. The molecule has 0 aliphatic rings. The first-order chi connectivity index (χ1) is 18.0. The van der Waals surface area contributed by atoms with Crippen molar-refractivity contribution in [2.24, 2.45) is 7.05 Å². The third-order valence-corrected chi connectivity index (χ3v) is 6.60. The normalized spacial score (nSPS) is 12.8. The highest BCUT2D eigenvalue weighted by molar-refractivity contribution is 5.93. The number of amides is 1. The van der Waals surface area contributed by atoms with Crippen LogP contribution in [0.4, 0.5) is 13.2 Å². The van der Waals surface area contributed by atoms with E-state index in [1.807, 2.05) is 38.3 Å². The van der Waals surface area contributed by atoms with Crippen molar-refractivity contribution < 1.29 is 18.0 Å². The molecule has 0 bridgehead atoms. The molecule has 1 aromatic carbocycles. The first-order valence-electron chi connectivity index (χ1n) is 11.8. The number of aryl methyl sites for hydroxylation is 3. The van der Waals surface area contributed by atoms with Gasteiger partial charge in [-0.2, -0.15) is 18.3 Å². The van der Waals surface area contributed by atoms with Crippen molar-refractivity contribution in [3.05, 3.63) is 70.7 Å². The summed E-state index contributed by atoms with van der Waals surface area (Å²) in [6.07, 6.45) is 2.14. The lowest BCUT2D eigenvalue weighted by molar-refractivity contribution is -0.158. The highest BCUT2D eigenvalue weighted by atomic mass is 19.4. The van der Waals surface area contributed by atoms with E-state index in [0.717, 1.165) is 34.5 Å². The number of para-hydroxylation sites is 1. The van der Waals surface area contributed by atoms with Gasteiger partial charge in [-0.25, -0.2) is 4.79 Å². The number of carbonyl (C=O) groups excluding carboxylic acids is 1. The van der Waals surface area contributed by atoms with Crippen LogP contribution in [0.3, 0.4) is 0 Å². The topological polar surface area (TPSA) is 99.6 Å². The lowest BCUT2D eigenvalue weighted by atomic mass is 10.1. The molecule has 0 saturated heterocycles. The van der Waals surface area contributed by atoms with Gasteiger partial charge in [0, 0.05) is 24.2 Å². The van der Waals surface area contributed by atoms with Crippen LogP contribution in [-0.2, 0) is 18.4 Å². The Bertz CT molecular complexity index is 1760. The van der Waals surface area contributed by atoms with Gasteiger partial charge in [-0.1, -0.05) is 12.1 Å². The largest absolute Gasteiger partial charge is 0.408 e. The zero-order valence-electron chi connectivity index (χ0n) is 21.0. The number of hydrogen-bond acceptors (Lipinski definition) is 5. The molecule has 38 heavy (non-hydrogen) atoms. The standard InChI is InChI=1S/C26H24F3N7O2/c1-14-6-5-7-20-24(14)36(25(38)35(20)13-23(37)33-16(3)26(27,28)29)21-12-31-19(8-15(21)2)17-9-30-11-22-18(17)10-32-34(22)4/h5-12,16H,13H2,1-4H3,(H,33,37)/t16-/m1/s1. The van der Waals surface area contributed by atoms with E-state index in [0.29, 0.717) is 22.4 Å². The van der Waals surface area contributed by atoms with Crippen LogP contribution in [0.1, 0.15) is 18.1 Å². The lowest BCUT2D eigenvalue weighted by Gasteiger charge is -2.17. The summed E-state index contributed by atoms with van der Waals surface area (Å²) in [6.45, 7) is 3.95. The van der Waals surface area contributed by atoms with Crippen molar-refractivity contribution in [3.8, 4) is 16.9 Å². The highest BCUT2D eigenvalue weighted by Gasteiger charge is 2.37. The van der Waals surface area contributed by atoms with Crippen LogP contribution < -0.4 is 11.0 Å². The minimum absolute atomic E-state index is 0.428. The maximum atomic E-state index is 13.6. The van der Waals surface area contributed by atoms with E-state index in [1.165, 1.54) is 9.13 Å². The summed E-state index contributed by atoms with van der Waals surface area (Å²) in [4.78, 5) is 35.0. The van der Waals surface area contributed by atoms with Crippen LogP contribution in [-0.4, -0.2) is 47.0 Å². The molecule has 5 aromatic rings. The van der Waals surface area contributed by atoms with Crippen LogP contribution in [0, 0.1) is 13.8 Å². The van der Waals surface area contributed by atoms with Gasteiger partial charge in [0.15, 0.2) is 0 Å². The monoisotopic (exact) mass is 523 g/mol. The van der Waals surface area contributed by atoms with Crippen molar-refractivity contribution in [2.75, 3.05) is 0 Å². The average Bonchev–Trinajstić information content (AvgIpc) is 3.37. The Morgan fingerprint density at radius 2 is 1.84 bits per heavy atom. The van der Waals surface area contributed by atoms with Gasteiger partial charge in [-0.05, 0) is 44.0 Å². The van der Waals surface area contributed by atoms with Crippen LogP contribution in [0.25, 0.3) is 38.9 Å². The molecular formula is C26H24F3N7O2. The third-order valence-electron chi connectivity index (χ3n) is 6.60.